The number of nitrogens with zero attached hydrogens (tertiary/aromatic N) is 4. The van der Waals surface area contributed by atoms with E-state index in [-0.39, 0.29) is 0 Å². The van der Waals surface area contributed by atoms with Gasteiger partial charge in [-0.25, -0.2) is 14.6 Å². The molecular formula is C8H7ClN4. The fraction of sp³-hybridized carbons (Fsp3) is 0.125. The molecule has 66 valence electrons. The lowest BCUT2D eigenvalue weighted by Crippen LogP contribution is -2.01. The van der Waals surface area contributed by atoms with E-state index in [0.29, 0.717) is 5.88 Å². The van der Waals surface area contributed by atoms with Gasteiger partial charge in [-0.05, 0) is 6.07 Å². The fourth-order valence-corrected chi connectivity index (χ4v) is 1.27. The minimum atomic E-state index is 0.420. The van der Waals surface area contributed by atoms with Gasteiger partial charge in [0.05, 0.1) is 5.88 Å². The lowest BCUT2D eigenvalue weighted by atomic mass is 10.3. The lowest BCUT2D eigenvalue weighted by Gasteiger charge is -2.03. The Morgan fingerprint density at radius 1 is 1.46 bits per heavy atom. The molecule has 13 heavy (non-hydrogen) atoms. The summed E-state index contributed by atoms with van der Waals surface area (Å²) in [6.45, 7) is 0. The van der Waals surface area contributed by atoms with Crippen LogP contribution in [0.25, 0.3) is 5.82 Å². The highest BCUT2D eigenvalue weighted by molar-refractivity contribution is 6.17. The summed E-state index contributed by atoms with van der Waals surface area (Å²) in [6, 6.07) is 3.76. The number of hydrogen-bond donors (Lipinski definition) is 0. The summed E-state index contributed by atoms with van der Waals surface area (Å²) in [5, 5.41) is 3.98. The number of rotatable bonds is 2. The molecule has 0 aliphatic rings. The zero-order valence-electron chi connectivity index (χ0n) is 6.76. The SMILES string of the molecule is ClCc1cccnc1-n1cncn1. The maximum atomic E-state index is 5.75. The van der Waals surface area contributed by atoms with Crippen molar-refractivity contribution in [1.82, 2.24) is 19.7 Å². The van der Waals surface area contributed by atoms with Crippen molar-refractivity contribution in [3.63, 3.8) is 0 Å². The fourth-order valence-electron chi connectivity index (χ4n) is 1.06. The summed E-state index contributed by atoms with van der Waals surface area (Å²) < 4.78 is 1.59. The predicted octanol–water partition coefficient (Wildman–Crippen LogP) is 1.40. The van der Waals surface area contributed by atoms with E-state index >= 15 is 0 Å². The second kappa shape index (κ2) is 3.53. The monoisotopic (exact) mass is 194 g/mol. The van der Waals surface area contributed by atoms with Crippen LogP contribution in [0.15, 0.2) is 31.0 Å². The minimum absolute atomic E-state index is 0.420. The van der Waals surface area contributed by atoms with Crippen LogP contribution in [-0.4, -0.2) is 19.7 Å². The van der Waals surface area contributed by atoms with Gasteiger partial charge in [-0.3, -0.25) is 0 Å². The molecule has 2 aromatic rings. The number of alkyl halides is 1. The molecule has 0 amide bonds. The van der Waals surface area contributed by atoms with Crippen molar-refractivity contribution >= 4 is 11.6 Å². The van der Waals surface area contributed by atoms with E-state index in [9.17, 15) is 0 Å². The third-order valence-electron chi connectivity index (χ3n) is 1.65. The molecule has 0 saturated heterocycles. The minimum Gasteiger partial charge on any atom is -0.237 e. The van der Waals surface area contributed by atoms with Gasteiger partial charge >= 0.3 is 0 Å². The van der Waals surface area contributed by atoms with E-state index in [2.05, 4.69) is 15.1 Å². The Labute approximate surface area is 80.2 Å². The molecule has 0 aliphatic heterocycles. The molecular weight excluding hydrogens is 188 g/mol. The first-order valence-corrected chi connectivity index (χ1v) is 4.30. The number of pyridine rings is 1. The highest BCUT2D eigenvalue weighted by atomic mass is 35.5. The van der Waals surface area contributed by atoms with Gasteiger partial charge in [-0.15, -0.1) is 11.6 Å². The van der Waals surface area contributed by atoms with Crippen LogP contribution in [0.4, 0.5) is 0 Å². The van der Waals surface area contributed by atoms with Gasteiger partial charge in [-0.2, -0.15) is 5.10 Å². The molecule has 0 spiro atoms. The summed E-state index contributed by atoms with van der Waals surface area (Å²) in [7, 11) is 0. The molecule has 0 unspecified atom stereocenters. The Balaban J connectivity index is 2.51. The van der Waals surface area contributed by atoms with Crippen LogP contribution in [0.5, 0.6) is 0 Å². The molecule has 4 nitrogen and oxygen atoms in total. The van der Waals surface area contributed by atoms with Crippen molar-refractivity contribution in [3.8, 4) is 5.82 Å². The van der Waals surface area contributed by atoms with Gasteiger partial charge in [0, 0.05) is 11.8 Å². The maximum absolute atomic E-state index is 5.75. The van der Waals surface area contributed by atoms with Crippen molar-refractivity contribution in [2.75, 3.05) is 0 Å². The topological polar surface area (TPSA) is 43.6 Å². The van der Waals surface area contributed by atoms with Crippen molar-refractivity contribution in [3.05, 3.63) is 36.5 Å². The standard InChI is InChI=1S/C8H7ClN4/c9-4-7-2-1-3-11-8(7)13-6-10-5-12-13/h1-3,5-6H,4H2. The zero-order valence-corrected chi connectivity index (χ0v) is 7.52. The molecule has 0 atom stereocenters. The second-order valence-electron chi connectivity index (χ2n) is 2.46. The van der Waals surface area contributed by atoms with Gasteiger partial charge in [-0.1, -0.05) is 6.07 Å². The van der Waals surface area contributed by atoms with Crippen LogP contribution in [0.2, 0.25) is 0 Å². The average molecular weight is 195 g/mol. The van der Waals surface area contributed by atoms with E-state index < -0.39 is 0 Å². The number of hydrogen-bond acceptors (Lipinski definition) is 3. The van der Waals surface area contributed by atoms with Crippen LogP contribution >= 0.6 is 11.6 Å². The van der Waals surface area contributed by atoms with Crippen molar-refractivity contribution in [1.29, 1.82) is 0 Å². The number of aromatic nitrogens is 4. The molecule has 0 bridgehead atoms. The summed E-state index contributed by atoms with van der Waals surface area (Å²) in [5.74, 6) is 1.15. The summed E-state index contributed by atoms with van der Waals surface area (Å²) in [5.41, 5.74) is 0.940. The van der Waals surface area contributed by atoms with Gasteiger partial charge in [0.1, 0.15) is 12.7 Å². The highest BCUT2D eigenvalue weighted by Crippen LogP contribution is 2.11. The van der Waals surface area contributed by atoms with E-state index in [4.69, 9.17) is 11.6 Å². The van der Waals surface area contributed by atoms with Crippen LogP contribution in [0.3, 0.4) is 0 Å². The quantitative estimate of drug-likeness (QED) is 0.679. The predicted molar refractivity (Wildman–Crippen MR) is 48.7 cm³/mol. The normalized spacial score (nSPS) is 10.2. The van der Waals surface area contributed by atoms with E-state index in [1.165, 1.54) is 6.33 Å². The largest absolute Gasteiger partial charge is 0.237 e. The third kappa shape index (κ3) is 1.53. The Bertz CT molecular complexity index is 385. The smallest absolute Gasteiger partial charge is 0.159 e. The summed E-state index contributed by atoms with van der Waals surface area (Å²) in [6.07, 6.45) is 4.76. The number of halogens is 1. The first kappa shape index (κ1) is 8.19. The van der Waals surface area contributed by atoms with Crippen LogP contribution in [-0.2, 0) is 5.88 Å². The molecule has 0 fully saturated rings. The first-order chi connectivity index (χ1) is 6.42. The second-order valence-corrected chi connectivity index (χ2v) is 2.73. The zero-order chi connectivity index (χ0) is 9.10. The van der Waals surface area contributed by atoms with Crippen LogP contribution in [0, 0.1) is 0 Å². The Kier molecular flexibility index (Phi) is 2.23. The van der Waals surface area contributed by atoms with E-state index in [1.807, 2.05) is 12.1 Å². The Morgan fingerprint density at radius 2 is 2.38 bits per heavy atom. The molecule has 2 heterocycles. The van der Waals surface area contributed by atoms with Crippen molar-refractivity contribution < 1.29 is 0 Å². The van der Waals surface area contributed by atoms with Crippen molar-refractivity contribution in [2.45, 2.75) is 5.88 Å². The average Bonchev–Trinajstić information content (AvgIpc) is 2.70. The highest BCUT2D eigenvalue weighted by Gasteiger charge is 2.03. The van der Waals surface area contributed by atoms with Gasteiger partial charge in [0.25, 0.3) is 0 Å². The lowest BCUT2D eigenvalue weighted by molar-refractivity contribution is 0.834. The molecule has 5 heteroatoms. The molecule has 2 rings (SSSR count). The first-order valence-electron chi connectivity index (χ1n) is 3.76. The van der Waals surface area contributed by atoms with Gasteiger partial charge in [0.15, 0.2) is 5.82 Å². The molecule has 0 aromatic carbocycles. The third-order valence-corrected chi connectivity index (χ3v) is 1.94. The molecule has 0 radical (unpaired) electrons. The van der Waals surface area contributed by atoms with Crippen LogP contribution < -0.4 is 0 Å². The molecule has 0 aliphatic carbocycles. The Hall–Kier alpha value is -1.42. The van der Waals surface area contributed by atoms with E-state index in [1.54, 1.807) is 17.2 Å². The summed E-state index contributed by atoms with van der Waals surface area (Å²) in [4.78, 5) is 8.01. The molecule has 0 saturated carbocycles. The van der Waals surface area contributed by atoms with Crippen molar-refractivity contribution in [2.24, 2.45) is 0 Å². The van der Waals surface area contributed by atoms with E-state index in [0.717, 1.165) is 11.4 Å². The van der Waals surface area contributed by atoms with Gasteiger partial charge < -0.3 is 0 Å². The van der Waals surface area contributed by atoms with Crippen LogP contribution in [0.1, 0.15) is 5.56 Å². The molecule has 0 N–H and O–H groups in total. The maximum Gasteiger partial charge on any atom is 0.159 e. The van der Waals surface area contributed by atoms with Gasteiger partial charge in [0.2, 0.25) is 0 Å². The molecule has 2 aromatic heterocycles. The Morgan fingerprint density at radius 3 is 3.08 bits per heavy atom. The summed E-state index contributed by atoms with van der Waals surface area (Å²) >= 11 is 5.75.